The number of carbonyl (C=O) groups excluding carboxylic acids is 3. The number of hydrogen-bond acceptors (Lipinski definition) is 5. The molecule has 2 heterocycles. The minimum Gasteiger partial charge on any atom is -0.459 e. The number of pyridine rings is 1. The molecule has 0 aliphatic heterocycles. The number of carbonyl (C=O) groups is 3. The average molecular weight is 449 g/mol. The predicted molar refractivity (Wildman–Crippen MR) is 119 cm³/mol. The SMILES string of the molecule is O=C(CNC(=O)c1ccco1)NNC(=O)c1cc(-c2ccc(Cl)cc2)nc2ccccc12. The van der Waals surface area contributed by atoms with Crippen LogP contribution in [0.3, 0.4) is 0 Å². The van der Waals surface area contributed by atoms with Crippen LogP contribution < -0.4 is 16.2 Å². The van der Waals surface area contributed by atoms with Gasteiger partial charge in [0.1, 0.15) is 0 Å². The molecule has 3 amide bonds. The molecular formula is C23H17ClN4O4. The van der Waals surface area contributed by atoms with Crippen LogP contribution in [0.15, 0.2) is 77.4 Å². The molecule has 0 spiro atoms. The summed E-state index contributed by atoms with van der Waals surface area (Å²) in [6.07, 6.45) is 1.35. The summed E-state index contributed by atoms with van der Waals surface area (Å²) in [4.78, 5) is 41.3. The molecule has 0 unspecified atom stereocenters. The average Bonchev–Trinajstić information content (AvgIpc) is 3.36. The van der Waals surface area contributed by atoms with Gasteiger partial charge in [-0.3, -0.25) is 25.2 Å². The van der Waals surface area contributed by atoms with Crippen molar-refractivity contribution in [2.45, 2.75) is 0 Å². The third kappa shape index (κ3) is 4.76. The Bertz CT molecular complexity index is 1290. The maximum Gasteiger partial charge on any atom is 0.287 e. The normalized spacial score (nSPS) is 10.5. The van der Waals surface area contributed by atoms with Crippen LogP contribution in [0.1, 0.15) is 20.9 Å². The molecule has 4 rings (SSSR count). The molecule has 32 heavy (non-hydrogen) atoms. The summed E-state index contributed by atoms with van der Waals surface area (Å²) in [5.41, 5.74) is 7.00. The Hall–Kier alpha value is -4.17. The number of amides is 3. The van der Waals surface area contributed by atoms with Gasteiger partial charge in [-0.2, -0.15) is 0 Å². The highest BCUT2D eigenvalue weighted by molar-refractivity contribution is 6.30. The van der Waals surface area contributed by atoms with Crippen LogP contribution in [-0.2, 0) is 4.79 Å². The van der Waals surface area contributed by atoms with Gasteiger partial charge in [-0.05, 0) is 36.4 Å². The van der Waals surface area contributed by atoms with E-state index in [4.69, 9.17) is 16.0 Å². The predicted octanol–water partition coefficient (Wildman–Crippen LogP) is 3.34. The Morgan fingerprint density at radius 1 is 0.906 bits per heavy atom. The first-order valence-corrected chi connectivity index (χ1v) is 9.95. The van der Waals surface area contributed by atoms with Gasteiger partial charge in [-0.25, -0.2) is 4.98 Å². The molecule has 0 bridgehead atoms. The van der Waals surface area contributed by atoms with Gasteiger partial charge in [0.15, 0.2) is 5.76 Å². The first-order valence-electron chi connectivity index (χ1n) is 9.58. The van der Waals surface area contributed by atoms with Gasteiger partial charge in [-0.15, -0.1) is 0 Å². The molecule has 2 aromatic carbocycles. The molecule has 4 aromatic rings. The Labute approximate surface area is 187 Å². The molecule has 0 aliphatic carbocycles. The Morgan fingerprint density at radius 2 is 1.69 bits per heavy atom. The van der Waals surface area contributed by atoms with Crippen molar-refractivity contribution in [3.8, 4) is 11.3 Å². The van der Waals surface area contributed by atoms with Gasteiger partial charge < -0.3 is 9.73 Å². The zero-order valence-electron chi connectivity index (χ0n) is 16.6. The molecular weight excluding hydrogens is 432 g/mol. The number of hydrogen-bond donors (Lipinski definition) is 3. The number of fused-ring (bicyclic) bond motifs is 1. The zero-order valence-corrected chi connectivity index (χ0v) is 17.3. The lowest BCUT2D eigenvalue weighted by molar-refractivity contribution is -0.120. The molecule has 0 radical (unpaired) electrons. The summed E-state index contributed by atoms with van der Waals surface area (Å²) in [6.45, 7) is -0.340. The van der Waals surface area contributed by atoms with E-state index in [1.165, 1.54) is 12.3 Å². The van der Waals surface area contributed by atoms with Crippen LogP contribution in [0.5, 0.6) is 0 Å². The molecule has 3 N–H and O–H groups in total. The monoisotopic (exact) mass is 448 g/mol. The van der Waals surface area contributed by atoms with Gasteiger partial charge in [0.2, 0.25) is 0 Å². The number of furan rings is 1. The number of hydrazine groups is 1. The van der Waals surface area contributed by atoms with Crippen LogP contribution in [0.4, 0.5) is 0 Å². The topological polar surface area (TPSA) is 113 Å². The van der Waals surface area contributed by atoms with Crippen LogP contribution in [0.25, 0.3) is 22.2 Å². The van der Waals surface area contributed by atoms with Crippen LogP contribution >= 0.6 is 11.6 Å². The fourth-order valence-corrected chi connectivity index (χ4v) is 3.15. The fourth-order valence-electron chi connectivity index (χ4n) is 3.03. The number of benzene rings is 2. The molecule has 2 aromatic heterocycles. The van der Waals surface area contributed by atoms with E-state index in [1.54, 1.807) is 42.5 Å². The van der Waals surface area contributed by atoms with Crippen molar-refractivity contribution in [3.05, 3.63) is 89.3 Å². The summed E-state index contributed by atoms with van der Waals surface area (Å²) in [5, 5.41) is 3.62. The Balaban J connectivity index is 1.48. The first kappa shape index (κ1) is 21.1. The summed E-state index contributed by atoms with van der Waals surface area (Å²) in [6, 6.07) is 19.0. The lowest BCUT2D eigenvalue weighted by Gasteiger charge is -2.12. The van der Waals surface area contributed by atoms with E-state index in [1.807, 2.05) is 18.2 Å². The first-order chi connectivity index (χ1) is 15.5. The summed E-state index contributed by atoms with van der Waals surface area (Å²) in [7, 11) is 0. The van der Waals surface area contributed by atoms with Crippen molar-refractivity contribution in [1.29, 1.82) is 0 Å². The van der Waals surface area contributed by atoms with Crippen molar-refractivity contribution < 1.29 is 18.8 Å². The van der Waals surface area contributed by atoms with Crippen molar-refractivity contribution in [2.24, 2.45) is 0 Å². The van der Waals surface area contributed by atoms with E-state index >= 15 is 0 Å². The molecule has 8 nitrogen and oxygen atoms in total. The lowest BCUT2D eigenvalue weighted by Crippen LogP contribution is -2.46. The fraction of sp³-hybridized carbons (Fsp3) is 0.0435. The second-order valence-corrected chi connectivity index (χ2v) is 7.18. The van der Waals surface area contributed by atoms with E-state index in [2.05, 4.69) is 21.2 Å². The zero-order chi connectivity index (χ0) is 22.5. The number of nitrogens with one attached hydrogen (secondary N) is 3. The lowest BCUT2D eigenvalue weighted by atomic mass is 10.0. The molecule has 0 saturated carbocycles. The number of halogens is 1. The van der Waals surface area contributed by atoms with E-state index in [0.717, 1.165) is 5.56 Å². The number of rotatable bonds is 5. The van der Waals surface area contributed by atoms with E-state index in [9.17, 15) is 14.4 Å². The van der Waals surface area contributed by atoms with Crippen molar-refractivity contribution >= 4 is 40.2 Å². The van der Waals surface area contributed by atoms with Crippen LogP contribution in [-0.4, -0.2) is 29.3 Å². The third-order valence-electron chi connectivity index (χ3n) is 4.57. The summed E-state index contributed by atoms with van der Waals surface area (Å²) >= 11 is 5.96. The molecule has 9 heteroatoms. The smallest absolute Gasteiger partial charge is 0.287 e. The maximum absolute atomic E-state index is 12.8. The number of nitrogens with zero attached hydrogens (tertiary/aromatic N) is 1. The standard InChI is InChI=1S/C23H17ClN4O4/c24-15-9-7-14(8-10-15)19-12-17(16-4-1-2-5-18(16)26-19)22(30)28-27-21(29)13-25-23(31)20-6-3-11-32-20/h1-12H,13H2,(H,25,31)(H,27,29)(H,28,30). The quantitative estimate of drug-likeness (QED) is 0.405. The maximum atomic E-state index is 12.8. The highest BCUT2D eigenvalue weighted by Crippen LogP contribution is 2.25. The van der Waals surface area contributed by atoms with Crippen molar-refractivity contribution in [2.75, 3.05) is 6.54 Å². The second-order valence-electron chi connectivity index (χ2n) is 6.74. The van der Waals surface area contributed by atoms with Crippen molar-refractivity contribution in [3.63, 3.8) is 0 Å². The van der Waals surface area contributed by atoms with Crippen molar-refractivity contribution in [1.82, 2.24) is 21.2 Å². The largest absolute Gasteiger partial charge is 0.459 e. The van der Waals surface area contributed by atoms with Gasteiger partial charge in [0, 0.05) is 16.0 Å². The molecule has 0 fully saturated rings. The minimum absolute atomic E-state index is 0.0832. The summed E-state index contributed by atoms with van der Waals surface area (Å²) in [5.74, 6) is -1.58. The highest BCUT2D eigenvalue weighted by atomic mass is 35.5. The van der Waals surface area contributed by atoms with E-state index in [-0.39, 0.29) is 12.3 Å². The molecule has 0 atom stereocenters. The number of aromatic nitrogens is 1. The van der Waals surface area contributed by atoms with Gasteiger partial charge in [0.05, 0.1) is 29.6 Å². The van der Waals surface area contributed by atoms with Crippen LogP contribution in [0, 0.1) is 0 Å². The molecule has 160 valence electrons. The van der Waals surface area contributed by atoms with Gasteiger partial charge >= 0.3 is 0 Å². The summed E-state index contributed by atoms with van der Waals surface area (Å²) < 4.78 is 4.95. The highest BCUT2D eigenvalue weighted by Gasteiger charge is 2.15. The van der Waals surface area contributed by atoms with E-state index < -0.39 is 17.7 Å². The van der Waals surface area contributed by atoms with Gasteiger partial charge in [0.25, 0.3) is 17.7 Å². The Kier molecular flexibility index (Phi) is 6.14. The van der Waals surface area contributed by atoms with E-state index in [0.29, 0.717) is 27.2 Å². The minimum atomic E-state index is -0.602. The molecule has 0 aliphatic rings. The second kappa shape index (κ2) is 9.32. The number of para-hydroxylation sites is 1. The Morgan fingerprint density at radius 3 is 2.44 bits per heavy atom. The van der Waals surface area contributed by atoms with Crippen LogP contribution in [0.2, 0.25) is 5.02 Å². The third-order valence-corrected chi connectivity index (χ3v) is 4.82. The molecule has 0 saturated heterocycles. The van der Waals surface area contributed by atoms with Gasteiger partial charge in [-0.1, -0.05) is 41.9 Å².